The van der Waals surface area contributed by atoms with E-state index in [0.29, 0.717) is 5.75 Å². The van der Waals surface area contributed by atoms with Crippen LogP contribution in [0.25, 0.3) is 11.1 Å². The third-order valence-corrected chi connectivity index (χ3v) is 3.72. The number of carbonyl (C=O) groups is 1. The van der Waals surface area contributed by atoms with Gasteiger partial charge >= 0.3 is 5.97 Å². The van der Waals surface area contributed by atoms with E-state index < -0.39 is 5.41 Å². The molecular weight excluding hydrogens is 236 g/mol. The number of carbonyl (C=O) groups excluding carboxylic acids is 1. The summed E-state index contributed by atoms with van der Waals surface area (Å²) in [7, 11) is 0. The van der Waals surface area contributed by atoms with Gasteiger partial charge in [0.15, 0.2) is 0 Å². The Balaban J connectivity index is 2.10. The Kier molecular flexibility index (Phi) is 2.49. The molecule has 2 aromatic rings. The van der Waals surface area contributed by atoms with Crippen LogP contribution in [0.2, 0.25) is 0 Å². The van der Waals surface area contributed by atoms with Gasteiger partial charge in [0.25, 0.3) is 0 Å². The van der Waals surface area contributed by atoms with Gasteiger partial charge in [0.1, 0.15) is 5.75 Å². The molecule has 1 aliphatic heterocycles. The highest BCUT2D eigenvalue weighted by Crippen LogP contribution is 2.41. The molecule has 19 heavy (non-hydrogen) atoms. The third-order valence-electron chi connectivity index (χ3n) is 3.72. The summed E-state index contributed by atoms with van der Waals surface area (Å²) in [6.45, 7) is 5.86. The molecule has 0 fully saturated rings. The van der Waals surface area contributed by atoms with E-state index in [2.05, 4.69) is 31.2 Å². The number of aryl methyl sites for hydroxylation is 1. The minimum atomic E-state index is -0.541. The summed E-state index contributed by atoms with van der Waals surface area (Å²) in [5.74, 6) is 0.512. The zero-order valence-corrected chi connectivity index (χ0v) is 11.4. The van der Waals surface area contributed by atoms with E-state index in [1.165, 1.54) is 5.56 Å². The molecule has 2 heteroatoms. The molecule has 1 aliphatic rings. The smallest absolute Gasteiger partial charge is 0.321 e. The van der Waals surface area contributed by atoms with Crippen molar-refractivity contribution >= 4 is 5.97 Å². The van der Waals surface area contributed by atoms with Crippen molar-refractivity contribution in [3.63, 3.8) is 0 Å². The van der Waals surface area contributed by atoms with Crippen molar-refractivity contribution in [2.45, 2.75) is 26.2 Å². The van der Waals surface area contributed by atoms with E-state index >= 15 is 0 Å². The van der Waals surface area contributed by atoms with Gasteiger partial charge in [-0.05, 0) is 38.0 Å². The first-order valence-electron chi connectivity index (χ1n) is 6.42. The molecule has 0 saturated heterocycles. The molecule has 0 unspecified atom stereocenters. The zero-order valence-electron chi connectivity index (χ0n) is 11.4. The van der Waals surface area contributed by atoms with Gasteiger partial charge in [0.2, 0.25) is 0 Å². The van der Waals surface area contributed by atoms with E-state index in [-0.39, 0.29) is 5.97 Å². The average Bonchev–Trinajstić information content (AvgIpc) is 2.60. The van der Waals surface area contributed by atoms with Crippen molar-refractivity contribution in [1.82, 2.24) is 0 Å². The summed E-state index contributed by atoms with van der Waals surface area (Å²) >= 11 is 0. The van der Waals surface area contributed by atoms with Crippen LogP contribution >= 0.6 is 0 Å². The average molecular weight is 252 g/mol. The molecule has 0 spiro atoms. The lowest BCUT2D eigenvalue weighted by Crippen LogP contribution is -2.25. The van der Waals surface area contributed by atoms with Crippen molar-refractivity contribution in [2.24, 2.45) is 0 Å². The lowest BCUT2D eigenvalue weighted by atomic mass is 9.85. The summed E-state index contributed by atoms with van der Waals surface area (Å²) < 4.78 is 5.38. The Bertz CT molecular complexity index is 669. The number of hydrogen-bond donors (Lipinski definition) is 0. The summed E-state index contributed by atoms with van der Waals surface area (Å²) in [6.07, 6.45) is 0. The maximum Gasteiger partial charge on any atom is 0.321 e. The predicted octanol–water partition coefficient (Wildman–Crippen LogP) is 3.86. The molecule has 3 rings (SSSR count). The number of ether oxygens (including phenoxy) is 1. The van der Waals surface area contributed by atoms with Crippen LogP contribution in [-0.2, 0) is 10.2 Å². The molecule has 0 bridgehead atoms. The van der Waals surface area contributed by atoms with Gasteiger partial charge in [-0.2, -0.15) is 0 Å². The summed E-state index contributed by atoms with van der Waals surface area (Å²) in [6, 6.07) is 14.3. The van der Waals surface area contributed by atoms with Crippen molar-refractivity contribution < 1.29 is 9.53 Å². The van der Waals surface area contributed by atoms with E-state index in [4.69, 9.17) is 4.74 Å². The second kappa shape index (κ2) is 3.95. The maximum atomic E-state index is 11.8. The molecule has 1 heterocycles. The SMILES string of the molecule is Cc1cccc(-c2ccc3c(c2)OC(=O)C3(C)C)c1. The Hall–Kier alpha value is -2.09. The Morgan fingerprint density at radius 1 is 1.00 bits per heavy atom. The minimum Gasteiger partial charge on any atom is -0.426 e. The highest BCUT2D eigenvalue weighted by molar-refractivity contribution is 5.90. The van der Waals surface area contributed by atoms with Gasteiger partial charge in [-0.3, -0.25) is 4.79 Å². The number of rotatable bonds is 1. The number of hydrogen-bond acceptors (Lipinski definition) is 2. The van der Waals surface area contributed by atoms with Gasteiger partial charge < -0.3 is 4.74 Å². The van der Waals surface area contributed by atoms with Gasteiger partial charge in [0, 0.05) is 5.56 Å². The second-order valence-corrected chi connectivity index (χ2v) is 5.59. The fourth-order valence-corrected chi connectivity index (χ4v) is 2.46. The standard InChI is InChI=1S/C17H16O2/c1-11-5-4-6-12(9-11)13-7-8-14-15(10-13)19-16(18)17(14,2)3/h4-10H,1-3H3. The van der Waals surface area contributed by atoms with Crippen LogP contribution in [0.3, 0.4) is 0 Å². The Labute approximate surface area is 113 Å². The lowest BCUT2D eigenvalue weighted by Gasteiger charge is -2.12. The fourth-order valence-electron chi connectivity index (χ4n) is 2.46. The normalized spacial score (nSPS) is 16.1. The zero-order chi connectivity index (χ0) is 13.6. The van der Waals surface area contributed by atoms with Crippen LogP contribution in [0.15, 0.2) is 42.5 Å². The Morgan fingerprint density at radius 2 is 1.74 bits per heavy atom. The topological polar surface area (TPSA) is 26.3 Å². The monoisotopic (exact) mass is 252 g/mol. The van der Waals surface area contributed by atoms with Crippen LogP contribution in [0, 0.1) is 6.92 Å². The quantitative estimate of drug-likeness (QED) is 0.569. The van der Waals surface area contributed by atoms with Crippen LogP contribution in [0.5, 0.6) is 5.75 Å². The molecule has 0 atom stereocenters. The number of fused-ring (bicyclic) bond motifs is 1. The van der Waals surface area contributed by atoms with Gasteiger partial charge in [-0.25, -0.2) is 0 Å². The lowest BCUT2D eigenvalue weighted by molar-refractivity contribution is -0.137. The van der Waals surface area contributed by atoms with Gasteiger partial charge in [-0.1, -0.05) is 42.0 Å². The van der Waals surface area contributed by atoms with Gasteiger partial charge in [0.05, 0.1) is 5.41 Å². The van der Waals surface area contributed by atoms with Crippen molar-refractivity contribution in [3.05, 3.63) is 53.6 Å². The Morgan fingerprint density at radius 3 is 2.47 bits per heavy atom. The van der Waals surface area contributed by atoms with Crippen LogP contribution in [0.1, 0.15) is 25.0 Å². The first kappa shape index (κ1) is 12.0. The number of esters is 1. The molecule has 0 saturated carbocycles. The first-order valence-corrected chi connectivity index (χ1v) is 6.42. The molecule has 2 aromatic carbocycles. The van der Waals surface area contributed by atoms with Gasteiger partial charge in [-0.15, -0.1) is 0 Å². The van der Waals surface area contributed by atoms with E-state index in [1.54, 1.807) is 0 Å². The summed E-state index contributed by atoms with van der Waals surface area (Å²) in [4.78, 5) is 11.8. The van der Waals surface area contributed by atoms with Crippen molar-refractivity contribution in [2.75, 3.05) is 0 Å². The van der Waals surface area contributed by atoms with Crippen molar-refractivity contribution in [3.8, 4) is 16.9 Å². The number of benzene rings is 2. The highest BCUT2D eigenvalue weighted by atomic mass is 16.5. The van der Waals surface area contributed by atoms with Crippen molar-refractivity contribution in [1.29, 1.82) is 0 Å². The molecule has 2 nitrogen and oxygen atoms in total. The second-order valence-electron chi connectivity index (χ2n) is 5.59. The first-order chi connectivity index (χ1) is 8.98. The molecule has 96 valence electrons. The molecule has 0 amide bonds. The van der Waals surface area contributed by atoms with E-state index in [1.807, 2.05) is 32.0 Å². The fraction of sp³-hybridized carbons (Fsp3) is 0.235. The molecule has 0 N–H and O–H groups in total. The summed E-state index contributed by atoms with van der Waals surface area (Å²) in [5.41, 5.74) is 3.86. The van der Waals surface area contributed by atoms with E-state index in [0.717, 1.165) is 16.7 Å². The maximum absolute atomic E-state index is 11.8. The predicted molar refractivity (Wildman–Crippen MR) is 75.3 cm³/mol. The molecule has 0 aromatic heterocycles. The largest absolute Gasteiger partial charge is 0.426 e. The van der Waals surface area contributed by atoms with Crippen LogP contribution in [-0.4, -0.2) is 5.97 Å². The van der Waals surface area contributed by atoms with E-state index in [9.17, 15) is 4.79 Å². The van der Waals surface area contributed by atoms with Crippen LogP contribution in [0.4, 0.5) is 0 Å². The minimum absolute atomic E-state index is 0.177. The molecular formula is C17H16O2. The molecule has 0 radical (unpaired) electrons. The third kappa shape index (κ3) is 1.84. The highest BCUT2D eigenvalue weighted by Gasteiger charge is 2.40. The molecule has 0 aliphatic carbocycles. The van der Waals surface area contributed by atoms with Crippen LogP contribution < -0.4 is 4.74 Å². The summed E-state index contributed by atoms with van der Waals surface area (Å²) in [5, 5.41) is 0.